The quantitative estimate of drug-likeness (QED) is 0.359. The first-order valence-corrected chi connectivity index (χ1v) is 10.4. The Hall–Kier alpha value is -2.14. The number of nitrogens with one attached hydrogen (secondary N) is 1. The highest BCUT2D eigenvalue weighted by Crippen LogP contribution is 2.37. The fraction of sp³-hybridized carbons (Fsp3) is 0.450. The van der Waals surface area contributed by atoms with Crippen LogP contribution in [0.3, 0.4) is 0 Å². The molecule has 0 aliphatic carbocycles. The van der Waals surface area contributed by atoms with Crippen LogP contribution in [-0.4, -0.2) is 36.7 Å². The Bertz CT molecular complexity index is 845. The number of benzene rings is 1. The Labute approximate surface area is 184 Å². The van der Waals surface area contributed by atoms with Gasteiger partial charge in [0.1, 0.15) is 11.5 Å². The molecule has 0 fully saturated rings. The molecule has 9 heteroatoms. The molecule has 8 nitrogen and oxygen atoms in total. The number of halogens is 1. The summed E-state index contributed by atoms with van der Waals surface area (Å²) in [4.78, 5) is 20.3. The highest BCUT2D eigenvalue weighted by atomic mass is 127. The number of nitrogen functional groups attached to an aromatic ring is 1. The van der Waals surface area contributed by atoms with Crippen molar-refractivity contribution < 1.29 is 19.0 Å². The Balaban J connectivity index is 2.11. The molecule has 1 aromatic heterocycles. The minimum atomic E-state index is -0.166. The highest BCUT2D eigenvalue weighted by Gasteiger charge is 2.16. The van der Waals surface area contributed by atoms with Crippen molar-refractivity contribution in [1.82, 2.24) is 9.97 Å². The molecule has 0 saturated heterocycles. The van der Waals surface area contributed by atoms with E-state index in [-0.39, 0.29) is 23.6 Å². The van der Waals surface area contributed by atoms with Gasteiger partial charge in [-0.2, -0.15) is 4.98 Å². The van der Waals surface area contributed by atoms with Crippen molar-refractivity contribution >= 4 is 40.3 Å². The summed E-state index contributed by atoms with van der Waals surface area (Å²) in [5, 5.41) is 2.65. The van der Waals surface area contributed by atoms with Crippen LogP contribution in [-0.2, 0) is 9.53 Å². The maximum absolute atomic E-state index is 12.0. The normalized spacial score (nSPS) is 10.8. The Morgan fingerprint density at radius 3 is 2.59 bits per heavy atom. The van der Waals surface area contributed by atoms with Gasteiger partial charge in [-0.25, -0.2) is 4.98 Å². The van der Waals surface area contributed by atoms with E-state index in [1.807, 2.05) is 12.1 Å². The number of aromatic nitrogens is 2. The number of methoxy groups -OCH3 is 2. The number of hydrogen-bond acceptors (Lipinski definition) is 7. The number of anilines is 2. The minimum absolute atomic E-state index is 0.148. The first kappa shape index (κ1) is 23.1. The number of rotatable bonds is 10. The van der Waals surface area contributed by atoms with Gasteiger partial charge in [-0.1, -0.05) is 13.8 Å². The van der Waals surface area contributed by atoms with Gasteiger partial charge in [-0.05, 0) is 53.5 Å². The second-order valence-corrected chi connectivity index (χ2v) is 7.88. The minimum Gasteiger partial charge on any atom is -0.496 e. The molecule has 3 N–H and O–H groups in total. The Kier molecular flexibility index (Phi) is 8.90. The first-order valence-electron chi connectivity index (χ1n) is 9.32. The fourth-order valence-corrected chi connectivity index (χ4v) is 3.27. The third-order valence-electron chi connectivity index (χ3n) is 4.16. The van der Waals surface area contributed by atoms with Crippen LogP contribution in [0.2, 0.25) is 0 Å². The summed E-state index contributed by atoms with van der Waals surface area (Å²) < 4.78 is 17.3. The van der Waals surface area contributed by atoms with Gasteiger partial charge in [0.25, 0.3) is 0 Å². The number of carbonyl (C=O) groups is 1. The summed E-state index contributed by atoms with van der Waals surface area (Å²) in [5.41, 5.74) is 7.02. The van der Waals surface area contributed by atoms with E-state index in [2.05, 4.69) is 51.7 Å². The van der Waals surface area contributed by atoms with Crippen molar-refractivity contribution in [3.63, 3.8) is 0 Å². The molecule has 0 saturated carbocycles. The van der Waals surface area contributed by atoms with Crippen molar-refractivity contribution in [2.45, 2.75) is 39.0 Å². The average Bonchev–Trinajstić information content (AvgIpc) is 2.67. The topological polar surface area (TPSA) is 109 Å². The zero-order valence-electron chi connectivity index (χ0n) is 17.1. The third kappa shape index (κ3) is 6.70. The molecule has 29 heavy (non-hydrogen) atoms. The van der Waals surface area contributed by atoms with Gasteiger partial charge in [0, 0.05) is 25.7 Å². The lowest BCUT2D eigenvalue weighted by Gasteiger charge is -2.17. The maximum atomic E-state index is 12.0. The average molecular weight is 514 g/mol. The molecule has 0 bridgehead atoms. The summed E-state index contributed by atoms with van der Waals surface area (Å²) in [6, 6.07) is 3.85. The second-order valence-electron chi connectivity index (χ2n) is 6.72. The molecule has 0 unspecified atom stereocenters. The lowest BCUT2D eigenvalue weighted by atomic mass is 10.0. The summed E-state index contributed by atoms with van der Waals surface area (Å²) in [6.45, 7) is 4.77. The standard InChI is InChI=1S/C20H27IN4O4/c1-12(2)13-9-16(28-4)14(21)10-15(13)29-17-11-23-20(25-19(17)22)24-18(26)7-5-6-8-27-3/h9-12H,5-8H2,1-4H3,(H3,22,23,24,25,26). The maximum Gasteiger partial charge on any atom is 0.231 e. The molecule has 2 rings (SSSR count). The lowest BCUT2D eigenvalue weighted by Crippen LogP contribution is -2.14. The molecule has 0 radical (unpaired) electrons. The number of carbonyl (C=O) groups excluding carboxylic acids is 1. The SMILES string of the molecule is COCCCCC(=O)Nc1ncc(Oc2cc(I)c(OC)cc2C(C)C)c(N)n1. The molecule has 0 spiro atoms. The van der Waals surface area contributed by atoms with E-state index in [1.165, 1.54) is 6.20 Å². The number of hydrogen-bond donors (Lipinski definition) is 2. The van der Waals surface area contributed by atoms with Crippen molar-refractivity contribution in [2.75, 3.05) is 31.9 Å². The van der Waals surface area contributed by atoms with E-state index < -0.39 is 0 Å². The monoisotopic (exact) mass is 514 g/mol. The first-order chi connectivity index (χ1) is 13.8. The van der Waals surface area contributed by atoms with E-state index >= 15 is 0 Å². The predicted octanol–water partition coefficient (Wildman–Crippen LogP) is 4.34. The van der Waals surface area contributed by atoms with Gasteiger partial charge in [-0.15, -0.1) is 0 Å². The van der Waals surface area contributed by atoms with Gasteiger partial charge >= 0.3 is 0 Å². The molecule has 158 valence electrons. The fourth-order valence-electron chi connectivity index (χ4n) is 2.61. The molecule has 0 aliphatic rings. The van der Waals surface area contributed by atoms with Gasteiger partial charge in [0.05, 0.1) is 16.9 Å². The summed E-state index contributed by atoms with van der Waals surface area (Å²) in [6.07, 6.45) is 3.37. The van der Waals surface area contributed by atoms with E-state index in [0.717, 1.165) is 27.7 Å². The van der Waals surface area contributed by atoms with Crippen LogP contribution in [0.25, 0.3) is 0 Å². The number of amides is 1. The lowest BCUT2D eigenvalue weighted by molar-refractivity contribution is -0.116. The van der Waals surface area contributed by atoms with Crippen molar-refractivity contribution in [3.8, 4) is 17.2 Å². The van der Waals surface area contributed by atoms with Crippen LogP contribution < -0.4 is 20.5 Å². The largest absolute Gasteiger partial charge is 0.496 e. The molecular weight excluding hydrogens is 487 g/mol. The number of nitrogens with two attached hydrogens (primary N) is 1. The van der Waals surface area contributed by atoms with E-state index in [1.54, 1.807) is 14.2 Å². The van der Waals surface area contributed by atoms with Crippen molar-refractivity contribution in [3.05, 3.63) is 27.5 Å². The number of ether oxygens (including phenoxy) is 3. The van der Waals surface area contributed by atoms with E-state index in [0.29, 0.717) is 24.5 Å². The van der Waals surface area contributed by atoms with Crippen LogP contribution in [0, 0.1) is 3.57 Å². The van der Waals surface area contributed by atoms with Crippen molar-refractivity contribution in [2.24, 2.45) is 0 Å². The summed E-state index contributed by atoms with van der Waals surface area (Å²) in [7, 11) is 3.27. The van der Waals surface area contributed by atoms with Gasteiger partial charge in [0.15, 0.2) is 11.6 Å². The molecule has 0 aliphatic heterocycles. The highest BCUT2D eigenvalue weighted by molar-refractivity contribution is 14.1. The van der Waals surface area contributed by atoms with Crippen LogP contribution in [0.15, 0.2) is 18.3 Å². The molecule has 0 atom stereocenters. The second kappa shape index (κ2) is 11.1. The number of unbranched alkanes of at least 4 members (excludes halogenated alkanes) is 1. The van der Waals surface area contributed by atoms with Crippen LogP contribution in [0.4, 0.5) is 11.8 Å². The summed E-state index contributed by atoms with van der Waals surface area (Å²) >= 11 is 2.19. The Morgan fingerprint density at radius 2 is 1.97 bits per heavy atom. The predicted molar refractivity (Wildman–Crippen MR) is 121 cm³/mol. The van der Waals surface area contributed by atoms with Crippen LogP contribution >= 0.6 is 22.6 Å². The van der Waals surface area contributed by atoms with E-state index in [9.17, 15) is 4.79 Å². The molecule has 1 amide bonds. The zero-order chi connectivity index (χ0) is 21.4. The third-order valence-corrected chi connectivity index (χ3v) is 5.01. The van der Waals surface area contributed by atoms with Crippen molar-refractivity contribution in [1.29, 1.82) is 0 Å². The van der Waals surface area contributed by atoms with Gasteiger partial charge in [0.2, 0.25) is 11.9 Å². The summed E-state index contributed by atoms with van der Waals surface area (Å²) in [5.74, 6) is 2.13. The van der Waals surface area contributed by atoms with Crippen LogP contribution in [0.1, 0.15) is 44.6 Å². The Morgan fingerprint density at radius 1 is 1.21 bits per heavy atom. The molecule has 1 heterocycles. The van der Waals surface area contributed by atoms with Gasteiger partial charge < -0.3 is 19.9 Å². The van der Waals surface area contributed by atoms with Gasteiger partial charge in [-0.3, -0.25) is 10.1 Å². The smallest absolute Gasteiger partial charge is 0.231 e. The molecular formula is C20H27IN4O4. The zero-order valence-corrected chi connectivity index (χ0v) is 19.3. The molecule has 1 aromatic carbocycles. The number of nitrogens with zero attached hydrogens (tertiary/aromatic N) is 2. The van der Waals surface area contributed by atoms with Crippen LogP contribution in [0.5, 0.6) is 17.2 Å². The molecule has 2 aromatic rings. The van der Waals surface area contributed by atoms with E-state index in [4.69, 9.17) is 19.9 Å².